The topological polar surface area (TPSA) is 46.6 Å². The van der Waals surface area contributed by atoms with E-state index >= 15 is 0 Å². The summed E-state index contributed by atoms with van der Waals surface area (Å²) >= 11 is 0. The van der Waals surface area contributed by atoms with Crippen LogP contribution in [0.15, 0.2) is 0 Å². The van der Waals surface area contributed by atoms with Crippen molar-refractivity contribution in [2.24, 2.45) is 5.92 Å². The molecule has 5 heteroatoms. The van der Waals surface area contributed by atoms with Gasteiger partial charge in [-0.15, -0.1) is 0 Å². The maximum Gasteiger partial charge on any atom is 0.214 e. The van der Waals surface area contributed by atoms with Crippen molar-refractivity contribution in [3.63, 3.8) is 0 Å². The van der Waals surface area contributed by atoms with E-state index in [-0.39, 0.29) is 0 Å². The van der Waals surface area contributed by atoms with Gasteiger partial charge in [0.25, 0.3) is 0 Å². The smallest absolute Gasteiger partial charge is 0.214 e. The van der Waals surface area contributed by atoms with Crippen LogP contribution in [-0.4, -0.2) is 44.3 Å². The summed E-state index contributed by atoms with van der Waals surface area (Å²) in [4.78, 5) is 0. The van der Waals surface area contributed by atoms with Crippen molar-refractivity contribution < 1.29 is 13.2 Å². The monoisotopic (exact) mass is 275 g/mol. The van der Waals surface area contributed by atoms with E-state index in [9.17, 15) is 8.42 Å². The summed E-state index contributed by atoms with van der Waals surface area (Å²) in [6, 6.07) is 0. The molecule has 0 saturated carbocycles. The molecule has 0 aromatic heterocycles. The molecule has 0 unspecified atom stereocenters. The number of hydrogen-bond donors (Lipinski definition) is 0. The molecule has 2 aliphatic rings. The van der Waals surface area contributed by atoms with Crippen molar-refractivity contribution in [1.82, 2.24) is 4.31 Å². The lowest BCUT2D eigenvalue weighted by molar-refractivity contribution is -0.0534. The Balaban J connectivity index is 1.89. The van der Waals surface area contributed by atoms with Gasteiger partial charge in [0, 0.05) is 19.7 Å². The van der Waals surface area contributed by atoms with Crippen molar-refractivity contribution in [2.45, 2.75) is 51.6 Å². The first-order chi connectivity index (χ1) is 8.63. The lowest BCUT2D eigenvalue weighted by Gasteiger charge is -2.40. The zero-order chi connectivity index (χ0) is 13.0. The summed E-state index contributed by atoms with van der Waals surface area (Å²) in [7, 11) is -3.03. The van der Waals surface area contributed by atoms with Crippen molar-refractivity contribution >= 4 is 10.0 Å². The number of piperidine rings is 1. The third-order valence-corrected chi connectivity index (χ3v) is 6.00. The minimum Gasteiger partial charge on any atom is -0.378 e. The van der Waals surface area contributed by atoms with Gasteiger partial charge in [-0.25, -0.2) is 12.7 Å². The fraction of sp³-hybridized carbons (Fsp3) is 1.00. The van der Waals surface area contributed by atoms with Crippen molar-refractivity contribution in [1.29, 1.82) is 0 Å². The van der Waals surface area contributed by atoms with Gasteiger partial charge in [0.15, 0.2) is 0 Å². The van der Waals surface area contributed by atoms with E-state index in [1.807, 2.05) is 0 Å². The van der Waals surface area contributed by atoms with Crippen molar-refractivity contribution in [3.05, 3.63) is 0 Å². The summed E-state index contributed by atoms with van der Waals surface area (Å²) in [6.07, 6.45) is 6.23. The minimum absolute atomic E-state index is 0.306. The third kappa shape index (κ3) is 3.45. The van der Waals surface area contributed by atoms with E-state index in [1.54, 1.807) is 4.31 Å². The lowest BCUT2D eigenvalue weighted by atomic mass is 9.90. The third-order valence-electron chi connectivity index (χ3n) is 4.08. The van der Waals surface area contributed by atoms with E-state index in [0.29, 0.717) is 30.9 Å². The zero-order valence-corrected chi connectivity index (χ0v) is 12.1. The van der Waals surface area contributed by atoms with Crippen LogP contribution in [0.3, 0.4) is 0 Å². The fourth-order valence-corrected chi connectivity index (χ4v) is 4.60. The van der Waals surface area contributed by atoms with E-state index in [2.05, 4.69) is 6.92 Å². The molecule has 2 heterocycles. The van der Waals surface area contributed by atoms with Gasteiger partial charge in [-0.2, -0.15) is 0 Å². The molecule has 0 N–H and O–H groups in total. The van der Waals surface area contributed by atoms with Crippen LogP contribution in [0.1, 0.15) is 45.4 Å². The number of fused-ring (bicyclic) bond motifs is 1. The number of hydrogen-bond acceptors (Lipinski definition) is 3. The van der Waals surface area contributed by atoms with Crippen molar-refractivity contribution in [3.8, 4) is 0 Å². The molecule has 4 nitrogen and oxygen atoms in total. The average molecular weight is 275 g/mol. The highest BCUT2D eigenvalue weighted by Gasteiger charge is 2.36. The quantitative estimate of drug-likeness (QED) is 0.721. The molecular formula is C13H25NO3S. The Kier molecular flexibility index (Phi) is 5.04. The van der Waals surface area contributed by atoms with Crippen LogP contribution >= 0.6 is 0 Å². The molecule has 0 radical (unpaired) electrons. The van der Waals surface area contributed by atoms with Gasteiger partial charge < -0.3 is 4.74 Å². The highest BCUT2D eigenvalue weighted by molar-refractivity contribution is 7.89. The first-order valence-electron chi connectivity index (χ1n) is 7.23. The normalized spacial score (nSPS) is 30.1. The van der Waals surface area contributed by atoms with Crippen LogP contribution in [0.5, 0.6) is 0 Å². The van der Waals surface area contributed by atoms with Gasteiger partial charge in [-0.1, -0.05) is 19.8 Å². The highest BCUT2D eigenvalue weighted by Crippen LogP contribution is 2.29. The highest BCUT2D eigenvalue weighted by atomic mass is 32.2. The molecule has 18 heavy (non-hydrogen) atoms. The zero-order valence-electron chi connectivity index (χ0n) is 11.3. The van der Waals surface area contributed by atoms with Gasteiger partial charge in [0.05, 0.1) is 11.9 Å². The number of ether oxygens (including phenoxy) is 1. The molecule has 2 rings (SSSR count). The number of nitrogens with zero attached hydrogens (tertiary/aromatic N) is 1. The number of sulfonamides is 1. The molecule has 2 atom stereocenters. The van der Waals surface area contributed by atoms with Gasteiger partial charge >= 0.3 is 0 Å². The Morgan fingerprint density at radius 2 is 2.11 bits per heavy atom. The Hall–Kier alpha value is -0.130. The van der Waals surface area contributed by atoms with E-state index in [4.69, 9.17) is 4.74 Å². The summed E-state index contributed by atoms with van der Waals surface area (Å²) in [5.74, 6) is 0.743. The Labute approximate surface area is 111 Å². The molecule has 2 fully saturated rings. The van der Waals surface area contributed by atoms with Gasteiger partial charge in [0.1, 0.15) is 0 Å². The predicted octanol–water partition coefficient (Wildman–Crippen LogP) is 2.01. The molecule has 0 aromatic rings. The molecule has 2 saturated heterocycles. The SMILES string of the molecule is CCCCCS(=O)(=O)N1CC[C@H]2OCCC[C@H]2C1. The van der Waals surface area contributed by atoms with Crippen LogP contribution < -0.4 is 0 Å². The molecule has 2 aliphatic heterocycles. The summed E-state index contributed by atoms with van der Waals surface area (Å²) in [5.41, 5.74) is 0. The second-order valence-corrected chi connectivity index (χ2v) is 7.57. The Bertz CT molecular complexity index is 355. The second kappa shape index (κ2) is 6.35. The Morgan fingerprint density at radius 3 is 2.89 bits per heavy atom. The van der Waals surface area contributed by atoms with Crippen LogP contribution in [0, 0.1) is 5.92 Å². The first-order valence-corrected chi connectivity index (χ1v) is 8.84. The van der Waals surface area contributed by atoms with Gasteiger partial charge in [0.2, 0.25) is 10.0 Å². The first kappa shape index (κ1) is 14.3. The second-order valence-electron chi connectivity index (χ2n) is 5.48. The standard InChI is InChI=1S/C13H25NO3S/c1-2-3-4-10-18(15,16)14-8-7-13-12(11-14)6-5-9-17-13/h12-13H,2-11H2,1H3/t12-,13+/m0/s1. The molecule has 0 aromatic carbocycles. The summed E-state index contributed by atoms with van der Waals surface area (Å²) < 4.78 is 31.9. The molecule has 0 aliphatic carbocycles. The summed E-state index contributed by atoms with van der Waals surface area (Å²) in [5, 5.41) is 0. The largest absolute Gasteiger partial charge is 0.378 e. The molecule has 106 valence electrons. The Morgan fingerprint density at radius 1 is 1.28 bits per heavy atom. The maximum atomic E-state index is 12.2. The molecule has 0 bridgehead atoms. The minimum atomic E-state index is -3.03. The average Bonchev–Trinajstić information content (AvgIpc) is 2.38. The van der Waals surface area contributed by atoms with Crippen LogP contribution in [0.25, 0.3) is 0 Å². The lowest BCUT2D eigenvalue weighted by Crippen LogP contribution is -2.48. The maximum absolute atomic E-state index is 12.2. The van der Waals surface area contributed by atoms with Crippen LogP contribution in [0.4, 0.5) is 0 Å². The van der Waals surface area contributed by atoms with E-state index < -0.39 is 10.0 Å². The van der Waals surface area contributed by atoms with Crippen LogP contribution in [-0.2, 0) is 14.8 Å². The van der Waals surface area contributed by atoms with E-state index in [1.165, 1.54) is 0 Å². The summed E-state index contributed by atoms with van der Waals surface area (Å²) in [6.45, 7) is 4.27. The molecular weight excluding hydrogens is 250 g/mol. The number of unbranched alkanes of at least 4 members (excludes halogenated alkanes) is 2. The van der Waals surface area contributed by atoms with E-state index in [0.717, 1.165) is 45.1 Å². The van der Waals surface area contributed by atoms with Crippen molar-refractivity contribution in [2.75, 3.05) is 25.4 Å². The predicted molar refractivity (Wildman–Crippen MR) is 72.0 cm³/mol. The fourth-order valence-electron chi connectivity index (χ4n) is 2.97. The molecule has 0 spiro atoms. The van der Waals surface area contributed by atoms with Gasteiger partial charge in [-0.05, 0) is 31.6 Å². The number of rotatable bonds is 5. The van der Waals surface area contributed by atoms with Crippen LogP contribution in [0.2, 0.25) is 0 Å². The van der Waals surface area contributed by atoms with Gasteiger partial charge in [-0.3, -0.25) is 0 Å². The molecule has 0 amide bonds.